The van der Waals surface area contributed by atoms with Crippen molar-refractivity contribution in [1.82, 2.24) is 10.2 Å². The second-order valence-corrected chi connectivity index (χ2v) is 11.4. The van der Waals surface area contributed by atoms with Crippen LogP contribution in [0.4, 0.5) is 11.4 Å². The quantitative estimate of drug-likeness (QED) is 0.268. The number of nitro benzene ring substituents is 1. The molecule has 0 fully saturated rings. The Balaban J connectivity index is 2.06. The monoisotopic (exact) mass is 572 g/mol. The first-order chi connectivity index (χ1) is 18.4. The van der Waals surface area contributed by atoms with Crippen molar-refractivity contribution in [3.8, 4) is 0 Å². The molecule has 12 heteroatoms. The van der Waals surface area contributed by atoms with Crippen LogP contribution < -0.4 is 9.62 Å². The summed E-state index contributed by atoms with van der Waals surface area (Å²) in [6.45, 7) is 4.41. The zero-order chi connectivity index (χ0) is 28.7. The highest BCUT2D eigenvalue weighted by Crippen LogP contribution is 2.27. The molecule has 2 amide bonds. The number of nitrogens with one attached hydrogen (secondary N) is 1. The summed E-state index contributed by atoms with van der Waals surface area (Å²) in [5.74, 6) is -1.09. The highest BCUT2D eigenvalue weighted by molar-refractivity contribution is 7.92. The molecule has 0 saturated carbocycles. The molecule has 1 N–H and O–H groups in total. The number of nitro groups is 1. The van der Waals surface area contributed by atoms with E-state index in [0.717, 1.165) is 10.4 Å². The van der Waals surface area contributed by atoms with Crippen LogP contribution in [-0.2, 0) is 26.2 Å². The minimum Gasteiger partial charge on any atom is -0.352 e. The second-order valence-electron chi connectivity index (χ2n) is 9.09. The third kappa shape index (κ3) is 7.55. The first-order valence-electron chi connectivity index (χ1n) is 12.1. The minimum atomic E-state index is -4.32. The predicted molar refractivity (Wildman–Crippen MR) is 149 cm³/mol. The van der Waals surface area contributed by atoms with Gasteiger partial charge in [-0.1, -0.05) is 48.0 Å². The van der Waals surface area contributed by atoms with Crippen molar-refractivity contribution in [1.29, 1.82) is 0 Å². The Labute approximate surface area is 232 Å². The van der Waals surface area contributed by atoms with Gasteiger partial charge in [0.15, 0.2) is 0 Å². The maximum Gasteiger partial charge on any atom is 0.271 e. The highest BCUT2D eigenvalue weighted by Gasteiger charge is 2.33. The molecule has 1 atom stereocenters. The van der Waals surface area contributed by atoms with E-state index in [9.17, 15) is 28.1 Å². The lowest BCUT2D eigenvalue weighted by Crippen LogP contribution is -2.52. The molecule has 0 unspecified atom stereocenters. The Morgan fingerprint density at radius 3 is 2.21 bits per heavy atom. The number of amides is 2. The van der Waals surface area contributed by atoms with Gasteiger partial charge in [-0.25, -0.2) is 8.42 Å². The second kappa shape index (κ2) is 12.7. The van der Waals surface area contributed by atoms with Crippen molar-refractivity contribution < 1.29 is 22.9 Å². The van der Waals surface area contributed by atoms with Gasteiger partial charge in [-0.3, -0.25) is 24.0 Å². The first kappa shape index (κ1) is 29.6. The number of non-ortho nitro benzene ring substituents is 1. The number of carbonyl (C=O) groups excluding carboxylic acids is 2. The Kier molecular flexibility index (Phi) is 9.66. The van der Waals surface area contributed by atoms with Crippen molar-refractivity contribution >= 4 is 44.8 Å². The molecule has 0 radical (unpaired) electrons. The first-order valence-corrected chi connectivity index (χ1v) is 13.9. The molecule has 0 aromatic heterocycles. The fraction of sp³-hybridized carbons (Fsp3) is 0.259. The molecule has 0 aliphatic heterocycles. The lowest BCUT2D eigenvalue weighted by atomic mass is 10.1. The number of halogens is 1. The number of carbonyl (C=O) groups is 2. The van der Waals surface area contributed by atoms with E-state index < -0.39 is 39.3 Å². The predicted octanol–water partition coefficient (Wildman–Crippen LogP) is 4.39. The molecule has 0 saturated heterocycles. The van der Waals surface area contributed by atoms with Crippen molar-refractivity contribution in [2.24, 2.45) is 0 Å². The maximum atomic E-state index is 13.8. The van der Waals surface area contributed by atoms with Crippen molar-refractivity contribution in [2.45, 2.75) is 44.3 Å². The van der Waals surface area contributed by atoms with E-state index in [1.165, 1.54) is 47.4 Å². The summed E-state index contributed by atoms with van der Waals surface area (Å²) in [5, 5.41) is 14.7. The Hall–Kier alpha value is -3.96. The van der Waals surface area contributed by atoms with Crippen LogP contribution in [-0.4, -0.2) is 48.7 Å². The van der Waals surface area contributed by atoms with Crippen molar-refractivity contribution in [3.63, 3.8) is 0 Å². The van der Waals surface area contributed by atoms with Crippen molar-refractivity contribution in [2.75, 3.05) is 10.8 Å². The van der Waals surface area contributed by atoms with Gasteiger partial charge < -0.3 is 10.2 Å². The number of hydrogen-bond donors (Lipinski definition) is 1. The average Bonchev–Trinajstić information content (AvgIpc) is 2.91. The SMILES string of the molecule is CC(C)NC(=O)[C@H](C)N(Cc1ccc(Cl)cc1)C(=O)CN(c1cccc([N+](=O)[O-])c1)S(=O)(=O)c1ccccc1. The lowest BCUT2D eigenvalue weighted by molar-refractivity contribution is -0.384. The van der Waals surface area contributed by atoms with Crippen LogP contribution in [0.2, 0.25) is 5.02 Å². The lowest BCUT2D eigenvalue weighted by Gasteiger charge is -2.32. The van der Waals surface area contributed by atoms with Crippen molar-refractivity contribution in [3.05, 3.63) is 99.6 Å². The normalized spacial score (nSPS) is 12.0. The zero-order valence-corrected chi connectivity index (χ0v) is 23.2. The summed E-state index contributed by atoms with van der Waals surface area (Å²) in [6, 6.07) is 18.0. The standard InChI is InChI=1S/C27H29ClN4O6S/c1-19(2)29-27(34)20(3)30(17-21-12-14-22(28)15-13-21)26(33)18-31(23-8-7-9-24(16-23)32(35)36)39(37,38)25-10-5-4-6-11-25/h4-16,19-20H,17-18H2,1-3H3,(H,29,34)/t20-/m0/s1. The molecule has 0 aliphatic rings. The largest absolute Gasteiger partial charge is 0.352 e. The topological polar surface area (TPSA) is 130 Å². The molecule has 0 spiro atoms. The van der Waals surface area contributed by atoms with Gasteiger partial charge in [0.25, 0.3) is 15.7 Å². The van der Waals surface area contributed by atoms with Gasteiger partial charge in [-0.05, 0) is 56.7 Å². The van der Waals surface area contributed by atoms with Crippen LogP contribution in [0, 0.1) is 10.1 Å². The number of anilines is 1. The molecule has 0 bridgehead atoms. The molecule has 0 heterocycles. The van der Waals surface area contributed by atoms with E-state index in [1.54, 1.807) is 51.1 Å². The van der Waals surface area contributed by atoms with E-state index in [2.05, 4.69) is 5.32 Å². The summed E-state index contributed by atoms with van der Waals surface area (Å²) in [6.07, 6.45) is 0. The van der Waals surface area contributed by atoms with Crippen LogP contribution in [0.1, 0.15) is 26.3 Å². The Morgan fingerprint density at radius 1 is 0.974 bits per heavy atom. The number of rotatable bonds is 11. The molecule has 3 aromatic rings. The van der Waals surface area contributed by atoms with Crippen LogP contribution in [0.3, 0.4) is 0 Å². The Morgan fingerprint density at radius 2 is 1.62 bits per heavy atom. The van der Waals surface area contributed by atoms with Gasteiger partial charge in [0, 0.05) is 29.7 Å². The third-order valence-corrected chi connectivity index (χ3v) is 7.84. The van der Waals surface area contributed by atoms with E-state index in [-0.39, 0.29) is 28.9 Å². The molecule has 0 aliphatic carbocycles. The van der Waals surface area contributed by atoms with Gasteiger partial charge in [0.2, 0.25) is 11.8 Å². The van der Waals surface area contributed by atoms with Crippen LogP contribution in [0.25, 0.3) is 0 Å². The van der Waals surface area contributed by atoms with E-state index >= 15 is 0 Å². The summed E-state index contributed by atoms with van der Waals surface area (Å²) in [4.78, 5) is 38.6. The zero-order valence-electron chi connectivity index (χ0n) is 21.7. The van der Waals surface area contributed by atoms with E-state index in [1.807, 2.05) is 0 Å². The minimum absolute atomic E-state index is 0.00313. The van der Waals surface area contributed by atoms with Crippen LogP contribution in [0.15, 0.2) is 83.8 Å². The fourth-order valence-corrected chi connectivity index (χ4v) is 5.34. The summed E-state index contributed by atoms with van der Waals surface area (Å²) < 4.78 is 28.2. The molecule has 206 valence electrons. The molecular weight excluding hydrogens is 544 g/mol. The van der Waals surface area contributed by atoms with Gasteiger partial charge in [-0.2, -0.15) is 0 Å². The number of nitrogens with zero attached hydrogens (tertiary/aromatic N) is 3. The highest BCUT2D eigenvalue weighted by atomic mass is 35.5. The molecule has 3 aromatic carbocycles. The Bertz CT molecular complexity index is 1430. The number of hydrogen-bond acceptors (Lipinski definition) is 6. The summed E-state index contributed by atoms with van der Waals surface area (Å²) in [7, 11) is -4.32. The molecule has 3 rings (SSSR count). The summed E-state index contributed by atoms with van der Waals surface area (Å²) >= 11 is 6.00. The van der Waals surface area contributed by atoms with Crippen LogP contribution >= 0.6 is 11.6 Å². The van der Waals surface area contributed by atoms with Gasteiger partial charge in [0.05, 0.1) is 15.5 Å². The molecule has 10 nitrogen and oxygen atoms in total. The number of benzene rings is 3. The average molecular weight is 573 g/mol. The maximum absolute atomic E-state index is 13.8. The fourth-order valence-electron chi connectivity index (χ4n) is 3.78. The van der Waals surface area contributed by atoms with Crippen LogP contribution in [0.5, 0.6) is 0 Å². The molecule has 39 heavy (non-hydrogen) atoms. The van der Waals surface area contributed by atoms with E-state index in [0.29, 0.717) is 10.6 Å². The summed E-state index contributed by atoms with van der Waals surface area (Å²) in [5.41, 5.74) is 0.271. The molecular formula is C27H29ClN4O6S. The van der Waals surface area contributed by atoms with Gasteiger partial charge in [-0.15, -0.1) is 0 Å². The third-order valence-electron chi connectivity index (χ3n) is 5.80. The van der Waals surface area contributed by atoms with Gasteiger partial charge in [0.1, 0.15) is 12.6 Å². The smallest absolute Gasteiger partial charge is 0.271 e. The van der Waals surface area contributed by atoms with E-state index in [4.69, 9.17) is 11.6 Å². The van der Waals surface area contributed by atoms with Gasteiger partial charge >= 0.3 is 0 Å². The number of sulfonamides is 1.